The number of anilines is 1. The fourth-order valence-corrected chi connectivity index (χ4v) is 1.78. The molecule has 0 fully saturated rings. The third-order valence-electron chi connectivity index (χ3n) is 2.59. The third kappa shape index (κ3) is 4.94. The zero-order valence-electron chi connectivity index (χ0n) is 11.9. The zero-order chi connectivity index (χ0) is 14.6. The van der Waals surface area contributed by atoms with Gasteiger partial charge in [0.05, 0.1) is 6.54 Å². The summed E-state index contributed by atoms with van der Waals surface area (Å²) in [7, 11) is 0. The minimum absolute atomic E-state index is 0.0273. The molecule has 1 heterocycles. The predicted molar refractivity (Wildman–Crippen MR) is 82.4 cm³/mol. The van der Waals surface area contributed by atoms with Crippen LogP contribution in [0.3, 0.4) is 0 Å². The summed E-state index contributed by atoms with van der Waals surface area (Å²) < 4.78 is 6.58. The fraction of sp³-hybridized carbons (Fsp3) is 0.429. The number of aromatic nitrogens is 2. The number of hydrogen-bond acceptors (Lipinski definition) is 5. The molecule has 0 bridgehead atoms. The van der Waals surface area contributed by atoms with Crippen LogP contribution < -0.4 is 10.6 Å². The molecule has 0 aliphatic carbocycles. The smallest absolute Gasteiger partial charge is 0.315 e. The molecule has 0 saturated heterocycles. The summed E-state index contributed by atoms with van der Waals surface area (Å²) >= 11 is 3.41. The van der Waals surface area contributed by atoms with E-state index in [4.69, 9.17) is 4.42 Å². The first kappa shape index (κ1) is 15.0. The van der Waals surface area contributed by atoms with E-state index in [1.54, 1.807) is 0 Å². The molecule has 20 heavy (non-hydrogen) atoms. The van der Waals surface area contributed by atoms with E-state index >= 15 is 0 Å². The van der Waals surface area contributed by atoms with Gasteiger partial charge in [-0.1, -0.05) is 33.2 Å². The van der Waals surface area contributed by atoms with Gasteiger partial charge in [-0.3, -0.25) is 0 Å². The first-order valence-corrected chi connectivity index (χ1v) is 7.27. The second kappa shape index (κ2) is 6.37. The van der Waals surface area contributed by atoms with Crippen LogP contribution in [0.15, 0.2) is 33.2 Å². The Balaban J connectivity index is 1.85. The molecule has 2 rings (SSSR count). The number of nitrogens with zero attached hydrogens (tertiary/aromatic N) is 2. The number of benzene rings is 1. The fourth-order valence-electron chi connectivity index (χ4n) is 1.52. The maximum absolute atomic E-state index is 5.52. The van der Waals surface area contributed by atoms with E-state index in [0.717, 1.165) is 10.0 Å². The number of hydrogen-bond donors (Lipinski definition) is 2. The van der Waals surface area contributed by atoms with Crippen molar-refractivity contribution in [3.8, 4) is 0 Å². The Morgan fingerprint density at radius 2 is 1.80 bits per heavy atom. The molecule has 0 atom stereocenters. The monoisotopic (exact) mass is 338 g/mol. The van der Waals surface area contributed by atoms with Gasteiger partial charge in [0, 0.05) is 16.6 Å². The molecule has 108 valence electrons. The lowest BCUT2D eigenvalue weighted by Crippen LogP contribution is -2.35. The molecule has 0 saturated carbocycles. The van der Waals surface area contributed by atoms with E-state index in [2.05, 4.69) is 57.5 Å². The van der Waals surface area contributed by atoms with Gasteiger partial charge in [0.2, 0.25) is 5.89 Å². The van der Waals surface area contributed by atoms with Crippen LogP contribution in [0, 0.1) is 0 Å². The van der Waals surface area contributed by atoms with Crippen molar-refractivity contribution in [2.75, 3.05) is 5.32 Å². The lowest BCUT2D eigenvalue weighted by atomic mass is 10.1. The summed E-state index contributed by atoms with van der Waals surface area (Å²) in [5.74, 6) is 0.582. The van der Waals surface area contributed by atoms with Crippen LogP contribution in [0.4, 0.5) is 6.01 Å². The topological polar surface area (TPSA) is 63.0 Å². The molecule has 6 heteroatoms. The molecule has 2 N–H and O–H groups in total. The highest BCUT2D eigenvalue weighted by molar-refractivity contribution is 9.10. The maximum Gasteiger partial charge on any atom is 0.315 e. The van der Waals surface area contributed by atoms with E-state index < -0.39 is 0 Å². The highest BCUT2D eigenvalue weighted by Crippen LogP contribution is 2.12. The summed E-state index contributed by atoms with van der Waals surface area (Å²) in [5.41, 5.74) is 1.18. The molecule has 1 aromatic heterocycles. The van der Waals surface area contributed by atoms with Gasteiger partial charge in [0.25, 0.3) is 0 Å². The summed E-state index contributed by atoms with van der Waals surface area (Å²) in [6.07, 6.45) is 0. The van der Waals surface area contributed by atoms with Crippen molar-refractivity contribution >= 4 is 21.9 Å². The second-order valence-electron chi connectivity index (χ2n) is 5.58. The van der Waals surface area contributed by atoms with Crippen molar-refractivity contribution in [2.24, 2.45) is 0 Å². The summed E-state index contributed by atoms with van der Waals surface area (Å²) in [4.78, 5) is 0. The van der Waals surface area contributed by atoms with Crippen LogP contribution >= 0.6 is 15.9 Å². The molecule has 1 aromatic carbocycles. The van der Waals surface area contributed by atoms with Gasteiger partial charge in [0.15, 0.2) is 0 Å². The van der Waals surface area contributed by atoms with Gasteiger partial charge in [0.1, 0.15) is 0 Å². The Morgan fingerprint density at radius 3 is 2.45 bits per heavy atom. The largest absolute Gasteiger partial charge is 0.407 e. The van der Waals surface area contributed by atoms with Gasteiger partial charge >= 0.3 is 6.01 Å². The van der Waals surface area contributed by atoms with E-state index in [-0.39, 0.29) is 5.54 Å². The number of rotatable bonds is 5. The van der Waals surface area contributed by atoms with E-state index in [9.17, 15) is 0 Å². The van der Waals surface area contributed by atoms with Crippen molar-refractivity contribution in [3.05, 3.63) is 40.2 Å². The van der Waals surface area contributed by atoms with Crippen molar-refractivity contribution in [3.63, 3.8) is 0 Å². The van der Waals surface area contributed by atoms with E-state index in [1.807, 2.05) is 24.3 Å². The van der Waals surface area contributed by atoms with Crippen molar-refractivity contribution in [1.29, 1.82) is 0 Å². The SMILES string of the molecule is CC(C)(C)NCc1nnc(NCc2ccc(Br)cc2)o1. The normalized spacial score (nSPS) is 11.6. The standard InChI is InChI=1S/C14H19BrN4O/c1-14(2,3)17-9-12-18-19-13(20-12)16-8-10-4-6-11(15)7-5-10/h4-7,17H,8-9H2,1-3H3,(H,16,19). The van der Waals surface area contributed by atoms with Crippen LogP contribution in [0.5, 0.6) is 0 Å². The molecular weight excluding hydrogens is 320 g/mol. The minimum Gasteiger partial charge on any atom is -0.407 e. The van der Waals surface area contributed by atoms with Crippen LogP contribution in [0.2, 0.25) is 0 Å². The molecule has 0 aliphatic heterocycles. The Hall–Kier alpha value is -1.40. The van der Waals surface area contributed by atoms with Crippen molar-refractivity contribution in [1.82, 2.24) is 15.5 Å². The average Bonchev–Trinajstić information content (AvgIpc) is 2.83. The van der Waals surface area contributed by atoms with E-state index in [1.165, 1.54) is 0 Å². The first-order chi connectivity index (χ1) is 9.42. The Bertz CT molecular complexity index is 545. The summed E-state index contributed by atoms with van der Waals surface area (Å²) in [6.45, 7) is 7.50. The van der Waals surface area contributed by atoms with Gasteiger partial charge in [-0.25, -0.2) is 0 Å². The number of halogens is 1. The number of nitrogens with one attached hydrogen (secondary N) is 2. The molecule has 0 unspecified atom stereocenters. The molecule has 2 aromatic rings. The average molecular weight is 339 g/mol. The third-order valence-corrected chi connectivity index (χ3v) is 3.12. The zero-order valence-corrected chi connectivity index (χ0v) is 13.5. The van der Waals surface area contributed by atoms with E-state index in [0.29, 0.717) is 25.0 Å². The summed E-state index contributed by atoms with van der Waals surface area (Å²) in [5, 5.41) is 14.4. The minimum atomic E-state index is 0.0273. The molecule has 0 radical (unpaired) electrons. The van der Waals surface area contributed by atoms with Crippen LogP contribution in [0.25, 0.3) is 0 Å². The molecule has 0 amide bonds. The lowest BCUT2D eigenvalue weighted by molar-refractivity contribution is 0.383. The van der Waals surface area contributed by atoms with Crippen molar-refractivity contribution < 1.29 is 4.42 Å². The molecular formula is C14H19BrN4O. The van der Waals surface area contributed by atoms with Gasteiger partial charge < -0.3 is 15.1 Å². The van der Waals surface area contributed by atoms with Gasteiger partial charge in [-0.15, -0.1) is 5.10 Å². The summed E-state index contributed by atoms with van der Waals surface area (Å²) in [6, 6.07) is 8.52. The highest BCUT2D eigenvalue weighted by Gasteiger charge is 2.11. The Morgan fingerprint density at radius 1 is 1.10 bits per heavy atom. The Labute approximate surface area is 127 Å². The van der Waals surface area contributed by atoms with Gasteiger partial charge in [-0.2, -0.15) is 0 Å². The maximum atomic E-state index is 5.52. The molecule has 0 aliphatic rings. The van der Waals surface area contributed by atoms with Crippen LogP contribution in [0.1, 0.15) is 32.2 Å². The Kier molecular flexibility index (Phi) is 4.77. The first-order valence-electron chi connectivity index (χ1n) is 6.48. The highest BCUT2D eigenvalue weighted by atomic mass is 79.9. The van der Waals surface area contributed by atoms with Crippen molar-refractivity contribution in [2.45, 2.75) is 39.4 Å². The quantitative estimate of drug-likeness (QED) is 0.875. The van der Waals surface area contributed by atoms with Gasteiger partial charge in [-0.05, 0) is 38.5 Å². The molecule has 5 nitrogen and oxygen atoms in total. The second-order valence-corrected chi connectivity index (χ2v) is 6.50. The molecule has 0 spiro atoms. The van der Waals surface area contributed by atoms with Crippen LogP contribution in [-0.4, -0.2) is 15.7 Å². The predicted octanol–water partition coefficient (Wildman–Crippen LogP) is 3.33. The van der Waals surface area contributed by atoms with Crippen LogP contribution in [-0.2, 0) is 13.1 Å². The lowest BCUT2D eigenvalue weighted by Gasteiger charge is -2.18.